The number of benzene rings is 9. The van der Waals surface area contributed by atoms with Gasteiger partial charge in [0, 0.05) is 32.6 Å². The molecular weight excluding hydrogens is 717 g/mol. The van der Waals surface area contributed by atoms with Gasteiger partial charge in [0.15, 0.2) is 0 Å². The van der Waals surface area contributed by atoms with Crippen molar-refractivity contribution in [1.29, 1.82) is 0 Å². The average molecular weight is 759 g/mol. The van der Waals surface area contributed by atoms with Crippen LogP contribution in [0.2, 0.25) is 0 Å². The van der Waals surface area contributed by atoms with Gasteiger partial charge in [-0.15, -0.1) is 0 Å². The molecule has 0 amide bonds. The fourth-order valence-electron chi connectivity index (χ4n) is 10.1. The van der Waals surface area contributed by atoms with Gasteiger partial charge in [0.1, 0.15) is 22.5 Å². The van der Waals surface area contributed by atoms with Crippen molar-refractivity contribution in [2.75, 3.05) is 0 Å². The van der Waals surface area contributed by atoms with Crippen LogP contribution in [0.15, 0.2) is 173 Å². The number of furan rings is 2. The highest BCUT2D eigenvalue weighted by Crippen LogP contribution is 2.51. The van der Waals surface area contributed by atoms with Gasteiger partial charge in [-0.25, -0.2) is 0 Å². The molecule has 2 heteroatoms. The summed E-state index contributed by atoms with van der Waals surface area (Å²) in [4.78, 5) is 0. The van der Waals surface area contributed by atoms with E-state index in [4.69, 9.17) is 8.83 Å². The van der Waals surface area contributed by atoms with E-state index in [9.17, 15) is 0 Å². The Balaban J connectivity index is 1.01. The molecule has 0 unspecified atom stereocenters. The summed E-state index contributed by atoms with van der Waals surface area (Å²) in [5.74, 6) is 1.00. The molecule has 2 nitrogen and oxygen atoms in total. The molecule has 0 saturated carbocycles. The molecule has 0 atom stereocenters. The lowest BCUT2D eigenvalue weighted by Crippen LogP contribution is -2.14. The molecule has 0 radical (unpaired) electrons. The number of hydrogen-bond donors (Lipinski definition) is 0. The van der Waals surface area contributed by atoms with Gasteiger partial charge >= 0.3 is 0 Å². The van der Waals surface area contributed by atoms with Gasteiger partial charge < -0.3 is 8.83 Å². The highest BCUT2D eigenvalue weighted by atomic mass is 16.3. The van der Waals surface area contributed by atoms with Crippen molar-refractivity contribution in [2.24, 2.45) is 0 Å². The Kier molecular flexibility index (Phi) is 6.99. The van der Waals surface area contributed by atoms with Crippen LogP contribution in [0.5, 0.6) is 0 Å². The minimum Gasteiger partial charge on any atom is -0.460 e. The molecule has 0 aliphatic heterocycles. The van der Waals surface area contributed by atoms with Crippen LogP contribution in [0.3, 0.4) is 0 Å². The normalized spacial score (nSPS) is 13.6. The van der Waals surface area contributed by atoms with Gasteiger partial charge in [0.05, 0.1) is 0 Å². The minimum absolute atomic E-state index is 0.0622. The van der Waals surface area contributed by atoms with E-state index in [1.54, 1.807) is 0 Å². The Hall–Kier alpha value is -6.90. The number of fused-ring (bicyclic) bond motifs is 10. The molecule has 12 rings (SSSR count). The lowest BCUT2D eigenvalue weighted by molar-refractivity contribution is 0.430. The SMILES string of the molecule is CC(C)(C)c1cc2ccc(-c3c4ccccc4c(-c4ccc5ccc(-c6cccc7c6oc6cc8c(cc67)C(C)(C)c6ccccc6-8)cc5c4)c4ccccc34)cc2o1. The first-order chi connectivity index (χ1) is 28.6. The fraction of sp³-hybridized carbons (Fsp3) is 0.123. The third-order valence-electron chi connectivity index (χ3n) is 13.1. The molecule has 9 aromatic carbocycles. The Labute approximate surface area is 343 Å². The Morgan fingerprint density at radius 2 is 0.966 bits per heavy atom. The summed E-state index contributed by atoms with van der Waals surface area (Å²) in [6, 6.07) is 60.4. The van der Waals surface area contributed by atoms with Crippen molar-refractivity contribution in [3.63, 3.8) is 0 Å². The summed E-state index contributed by atoms with van der Waals surface area (Å²) in [6.07, 6.45) is 0. The van der Waals surface area contributed by atoms with E-state index in [-0.39, 0.29) is 10.8 Å². The second-order valence-corrected chi connectivity index (χ2v) is 18.1. The maximum absolute atomic E-state index is 6.83. The summed E-state index contributed by atoms with van der Waals surface area (Å²) in [5.41, 5.74) is 15.1. The van der Waals surface area contributed by atoms with Gasteiger partial charge in [0.25, 0.3) is 0 Å². The first-order valence-corrected chi connectivity index (χ1v) is 20.7. The molecule has 1 aliphatic carbocycles. The highest BCUT2D eigenvalue weighted by Gasteiger charge is 2.36. The van der Waals surface area contributed by atoms with Crippen molar-refractivity contribution in [3.8, 4) is 44.5 Å². The summed E-state index contributed by atoms with van der Waals surface area (Å²) in [5, 5.41) is 10.8. The summed E-state index contributed by atoms with van der Waals surface area (Å²) in [6.45, 7) is 11.3. The van der Waals surface area contributed by atoms with Crippen LogP contribution in [0.1, 0.15) is 51.5 Å². The minimum atomic E-state index is -0.0704. The first-order valence-electron chi connectivity index (χ1n) is 20.7. The quantitative estimate of drug-likeness (QED) is 0.168. The van der Waals surface area contributed by atoms with E-state index in [0.717, 1.165) is 50.0 Å². The van der Waals surface area contributed by atoms with E-state index >= 15 is 0 Å². The zero-order valence-electron chi connectivity index (χ0n) is 33.9. The van der Waals surface area contributed by atoms with Crippen molar-refractivity contribution in [2.45, 2.75) is 45.4 Å². The van der Waals surface area contributed by atoms with Crippen LogP contribution in [0.25, 0.3) is 110 Å². The smallest absolute Gasteiger partial charge is 0.143 e. The van der Waals surface area contributed by atoms with Crippen LogP contribution < -0.4 is 0 Å². The number of hydrogen-bond acceptors (Lipinski definition) is 2. The number of rotatable bonds is 3. The molecule has 11 aromatic rings. The van der Waals surface area contributed by atoms with Crippen LogP contribution in [0.4, 0.5) is 0 Å². The standard InChI is InChI=1S/C57H42O2/c1-56(2,3)52-30-35-24-26-37(29-50(35)58-52)54-43-16-8-6-14-41(43)53(42-15-7-9-17-44(42)54)36-25-22-33-21-23-34(27-38(33)28-36)39-18-12-19-45-47-31-49-46(32-51(47)59-55(39)45)40-13-10-11-20-48(40)57(49,4)5/h6-32H,1-5H3. The Bertz CT molecular complexity index is 3510. The lowest BCUT2D eigenvalue weighted by atomic mass is 9.82. The second kappa shape index (κ2) is 12.1. The molecular formula is C57H42O2. The Morgan fingerprint density at radius 1 is 0.390 bits per heavy atom. The van der Waals surface area contributed by atoms with Crippen LogP contribution in [-0.4, -0.2) is 0 Å². The van der Waals surface area contributed by atoms with Crippen LogP contribution >= 0.6 is 0 Å². The third-order valence-corrected chi connectivity index (χ3v) is 13.1. The molecule has 59 heavy (non-hydrogen) atoms. The van der Waals surface area contributed by atoms with Gasteiger partial charge in [-0.3, -0.25) is 0 Å². The van der Waals surface area contributed by atoms with Crippen LogP contribution in [-0.2, 0) is 10.8 Å². The molecule has 2 heterocycles. The summed E-state index contributed by atoms with van der Waals surface area (Å²) < 4.78 is 13.3. The van der Waals surface area contributed by atoms with E-state index in [2.05, 4.69) is 198 Å². The maximum atomic E-state index is 6.83. The van der Waals surface area contributed by atoms with Crippen LogP contribution in [0, 0.1) is 0 Å². The predicted molar refractivity (Wildman–Crippen MR) is 249 cm³/mol. The molecule has 0 fully saturated rings. The van der Waals surface area contributed by atoms with Crippen molar-refractivity contribution in [3.05, 3.63) is 181 Å². The summed E-state index contributed by atoms with van der Waals surface area (Å²) in [7, 11) is 0. The molecule has 0 bridgehead atoms. The molecule has 282 valence electrons. The van der Waals surface area contributed by atoms with Gasteiger partial charge in [-0.05, 0) is 119 Å². The van der Waals surface area contributed by atoms with Gasteiger partial charge in [-0.1, -0.05) is 162 Å². The Morgan fingerprint density at radius 3 is 1.66 bits per heavy atom. The topological polar surface area (TPSA) is 26.3 Å². The lowest BCUT2D eigenvalue weighted by Gasteiger charge is -2.21. The number of para-hydroxylation sites is 1. The van der Waals surface area contributed by atoms with E-state index < -0.39 is 0 Å². The predicted octanol–water partition coefficient (Wildman–Crippen LogP) is 16.4. The average Bonchev–Trinajstić information content (AvgIpc) is 3.92. The fourth-order valence-corrected chi connectivity index (χ4v) is 10.1. The van der Waals surface area contributed by atoms with Crippen molar-refractivity contribution < 1.29 is 8.83 Å². The molecule has 1 aliphatic rings. The molecule has 0 N–H and O–H groups in total. The van der Waals surface area contributed by atoms with Crippen molar-refractivity contribution in [1.82, 2.24) is 0 Å². The monoisotopic (exact) mass is 758 g/mol. The zero-order valence-corrected chi connectivity index (χ0v) is 33.9. The molecule has 0 spiro atoms. The molecule has 2 aromatic heterocycles. The zero-order chi connectivity index (χ0) is 39.8. The van der Waals surface area contributed by atoms with E-state index in [1.165, 1.54) is 76.6 Å². The first kappa shape index (κ1) is 34.2. The van der Waals surface area contributed by atoms with Gasteiger partial charge in [-0.2, -0.15) is 0 Å². The van der Waals surface area contributed by atoms with E-state index in [1.807, 2.05) is 0 Å². The van der Waals surface area contributed by atoms with Crippen molar-refractivity contribution >= 4 is 65.2 Å². The summed E-state index contributed by atoms with van der Waals surface area (Å²) >= 11 is 0. The highest BCUT2D eigenvalue weighted by molar-refractivity contribution is 6.22. The molecule has 0 saturated heterocycles. The van der Waals surface area contributed by atoms with E-state index in [0.29, 0.717) is 0 Å². The largest absolute Gasteiger partial charge is 0.460 e. The maximum Gasteiger partial charge on any atom is 0.143 e. The van der Waals surface area contributed by atoms with Gasteiger partial charge in [0.2, 0.25) is 0 Å². The third kappa shape index (κ3) is 4.99. The second-order valence-electron chi connectivity index (χ2n) is 18.1.